The van der Waals surface area contributed by atoms with E-state index < -0.39 is 123 Å². The van der Waals surface area contributed by atoms with Crippen LogP contribution in [0, 0.1) is 0 Å². The Hall–Kier alpha value is -2.13. The van der Waals surface area contributed by atoms with Crippen LogP contribution in [0.3, 0.4) is 0 Å². The molecule has 0 bridgehead atoms. The summed E-state index contributed by atoms with van der Waals surface area (Å²) in [6, 6.07) is 4.60. The number of carbonyl (C=O) groups excluding carboxylic acids is 4. The Labute approximate surface area is 503 Å². The molecule has 0 fully saturated rings. The second-order valence-electron chi connectivity index (χ2n) is 24.0. The fourth-order valence-electron chi connectivity index (χ4n) is 8.77. The maximum absolute atomic E-state index is 12.4. The molecule has 81 heavy (non-hydrogen) atoms. The molecular weight excluding hydrogens is 1200 g/mol. The summed E-state index contributed by atoms with van der Waals surface area (Å²) in [5, 5.41) is 35.3. The molecule has 0 saturated heterocycles. The van der Waals surface area contributed by atoms with Crippen molar-refractivity contribution in [2.24, 2.45) is 0 Å². The van der Waals surface area contributed by atoms with E-state index in [0.717, 1.165) is 36.3 Å². The Morgan fingerprint density at radius 3 is 0.543 bits per heavy atom. The molecule has 20 nitrogen and oxygen atoms in total. The summed E-state index contributed by atoms with van der Waals surface area (Å²) in [7, 11) is -19.5. The lowest BCUT2D eigenvalue weighted by Crippen LogP contribution is -2.52. The van der Waals surface area contributed by atoms with Crippen molar-refractivity contribution in [3.05, 3.63) is 0 Å². The highest BCUT2D eigenvalue weighted by molar-refractivity contribution is 6.89. The fourth-order valence-corrected chi connectivity index (χ4v) is 51.0. The number of esters is 4. The van der Waals surface area contributed by atoms with Crippen LogP contribution in [-0.4, -0.2) is 144 Å². The predicted molar refractivity (Wildman–Crippen MR) is 353 cm³/mol. The topological polar surface area (TPSA) is 291 Å². The number of ether oxygens (including phenoxy) is 2. The maximum Gasteiger partial charge on any atom is 0.313 e. The zero-order valence-electron chi connectivity index (χ0n) is 49.5. The predicted octanol–water partition coefficient (Wildman–Crippen LogP) is 15.4. The molecule has 0 atom stereocenters. The zero-order chi connectivity index (χ0) is 59.5. The Kier molecular flexibility index (Phi) is 53.6. The molecule has 0 unspecified atom stereocenters. The molecule has 0 rings (SSSR count). The van der Waals surface area contributed by atoms with E-state index in [-0.39, 0.29) is 83.1 Å². The third-order valence-electron chi connectivity index (χ3n) is 10.6. The molecule has 0 spiro atoms. The van der Waals surface area contributed by atoms with E-state index in [1.807, 2.05) is 39.3 Å². The Bertz CT molecular complexity index is 1700. The van der Waals surface area contributed by atoms with Crippen LogP contribution in [-0.2, 0) is 72.5 Å². The van der Waals surface area contributed by atoms with Crippen LogP contribution < -0.4 is 0 Å². The van der Waals surface area contributed by atoms with E-state index in [2.05, 4.69) is 83.3 Å². The molecule has 29 heteroatoms. The van der Waals surface area contributed by atoms with Crippen LogP contribution in [0.1, 0.15) is 135 Å². The lowest BCUT2D eigenvalue weighted by Gasteiger charge is -2.38. The fraction of sp³-hybridized carbons (Fsp3) is 0.846. The van der Waals surface area contributed by atoms with Crippen molar-refractivity contribution in [3.8, 4) is 0 Å². The number of hydrogen-bond donors (Lipinski definition) is 4. The third-order valence-corrected chi connectivity index (χ3v) is 45.1. The molecule has 0 amide bonds. The number of carboxylic acids is 4. The molecule has 0 aromatic rings. The van der Waals surface area contributed by atoms with Gasteiger partial charge in [0.15, 0.2) is 49.9 Å². The summed E-state index contributed by atoms with van der Waals surface area (Å²) in [6.45, 7) is 39.8. The summed E-state index contributed by atoms with van der Waals surface area (Å²) >= 11 is 0. The number of aliphatic carboxylic acids is 4. The van der Waals surface area contributed by atoms with E-state index in [1.165, 1.54) is 13.8 Å². The van der Waals surface area contributed by atoms with Gasteiger partial charge in [-0.05, 0) is 193 Å². The third kappa shape index (κ3) is 63.7. The zero-order valence-corrected chi connectivity index (χ0v) is 58.5. The van der Waals surface area contributed by atoms with Gasteiger partial charge in [-0.15, -0.1) is 0 Å². The summed E-state index contributed by atoms with van der Waals surface area (Å²) in [5.74, 6) is -5.29. The van der Waals surface area contributed by atoms with Gasteiger partial charge < -0.3 is 54.6 Å². The smallest absolute Gasteiger partial charge is 0.313 e. The SMILES string of the molecule is C.C.C.C.C.C.CC(=O)OC(C)=O.C[Si](C)(CCCC(=O)O)O[Si](C)(C)O[Si](C)(C)CCCC(=O)O.C[Si](C)(CCCC(=O)O)O[Si](C)(C)O[Si](C)(C)CCCC(=O)OC(=O)CCC[Si](C)(C)O[Si](C)(C)O[Si](C)(C)CCCC(=O)O. The van der Waals surface area contributed by atoms with Gasteiger partial charge in [0.1, 0.15) is 0 Å². The summed E-state index contributed by atoms with van der Waals surface area (Å²) in [6.07, 6.45) is 4.55. The highest BCUT2D eigenvalue weighted by Crippen LogP contribution is 2.30. The van der Waals surface area contributed by atoms with Crippen molar-refractivity contribution in [2.75, 3.05) is 0 Å². The van der Waals surface area contributed by atoms with E-state index in [4.69, 9.17) is 49.9 Å². The highest BCUT2D eigenvalue weighted by atomic mass is 28.5. The van der Waals surface area contributed by atoms with Crippen molar-refractivity contribution in [3.63, 3.8) is 0 Å². The minimum atomic E-state index is -2.45. The average molecular weight is 1320 g/mol. The van der Waals surface area contributed by atoms with Gasteiger partial charge in [-0.25, -0.2) is 0 Å². The van der Waals surface area contributed by atoms with Crippen molar-refractivity contribution in [1.29, 1.82) is 0 Å². The van der Waals surface area contributed by atoms with E-state index in [9.17, 15) is 38.4 Å². The first-order valence-corrected chi connectivity index (χ1v) is 53.2. The normalized spacial score (nSPS) is 11.9. The molecule has 0 aliphatic rings. The minimum Gasteiger partial charge on any atom is -0.481 e. The average Bonchev–Trinajstić information content (AvgIpc) is 3.10. The van der Waals surface area contributed by atoms with Crippen LogP contribution in [0.4, 0.5) is 0 Å². The summed E-state index contributed by atoms with van der Waals surface area (Å²) < 4.78 is 47.8. The van der Waals surface area contributed by atoms with Gasteiger partial charge in [0.25, 0.3) is 0 Å². The van der Waals surface area contributed by atoms with Gasteiger partial charge in [0, 0.05) is 52.4 Å². The van der Waals surface area contributed by atoms with Gasteiger partial charge in [0.05, 0.1) is 0 Å². The van der Waals surface area contributed by atoms with Crippen LogP contribution >= 0.6 is 0 Å². The van der Waals surface area contributed by atoms with E-state index >= 15 is 0 Å². The first-order valence-electron chi connectivity index (χ1n) is 26.0. The second kappa shape index (κ2) is 44.3. The largest absolute Gasteiger partial charge is 0.481 e. The maximum atomic E-state index is 12.4. The molecule has 4 N–H and O–H groups in total. The highest BCUT2D eigenvalue weighted by Gasteiger charge is 2.42. The molecule has 0 saturated carbocycles. The quantitative estimate of drug-likeness (QED) is 0.0257. The lowest BCUT2D eigenvalue weighted by atomic mass is 10.3. The monoisotopic (exact) mass is 1320 g/mol. The molecule has 0 aromatic heterocycles. The standard InChI is InChI=1S/C28H62O11Si6.C14H32O6Si3.C4H6O3.6CH4/c1-40(2,21-13-17-25(29)30)36-44(9,10)38-42(5,6)23-15-19-27(33)35-28(34)20-16-24-43(7,8)39-45(11,12)37-41(3,4)22-14-18-26(31)32;1-21(2,11-7-9-13(15)16)19-23(5,6)20-22(3,4)12-8-10-14(17)18;1-3(5)7-4(2)6;;;;;;/h13-24H2,1-12H3,(H,29,30)(H,31,32);7-12H2,1-6H3,(H,15,16)(H,17,18);1-2H3;6*1H4. The summed E-state index contributed by atoms with van der Waals surface area (Å²) in [4.78, 5) is 87.3. The molecule has 0 aliphatic carbocycles. The van der Waals surface area contributed by atoms with Crippen LogP contribution in [0.15, 0.2) is 0 Å². The van der Waals surface area contributed by atoms with Gasteiger partial charge >= 0.3 is 73.4 Å². The molecule has 488 valence electrons. The van der Waals surface area contributed by atoms with Crippen molar-refractivity contribution in [2.45, 2.75) is 290 Å². The van der Waals surface area contributed by atoms with Crippen LogP contribution in [0.5, 0.6) is 0 Å². The van der Waals surface area contributed by atoms with Crippen LogP contribution in [0.25, 0.3) is 0 Å². The second-order valence-corrected chi connectivity index (χ2v) is 61.4. The summed E-state index contributed by atoms with van der Waals surface area (Å²) in [5.41, 5.74) is 0. The first kappa shape index (κ1) is 98.0. The molecule has 0 radical (unpaired) electrons. The van der Waals surface area contributed by atoms with Gasteiger partial charge in [-0.2, -0.15) is 0 Å². The van der Waals surface area contributed by atoms with Crippen LogP contribution in [0.2, 0.25) is 154 Å². The Morgan fingerprint density at radius 1 is 0.272 bits per heavy atom. The number of carbonyl (C=O) groups is 8. The molecule has 0 aromatic carbocycles. The number of rotatable bonds is 36. The van der Waals surface area contributed by atoms with Gasteiger partial charge in [-0.1, -0.05) is 44.6 Å². The van der Waals surface area contributed by atoms with Gasteiger partial charge in [-0.3, -0.25) is 38.4 Å². The van der Waals surface area contributed by atoms with Crippen molar-refractivity contribution < 1.29 is 92.9 Å². The Balaban J connectivity index is -0.000000173. The number of carboxylic acid groups (broad SMARTS) is 4. The van der Waals surface area contributed by atoms with E-state index in [1.54, 1.807) is 0 Å². The first-order chi connectivity index (χ1) is 33.5. The van der Waals surface area contributed by atoms with Crippen molar-refractivity contribution >= 4 is 123 Å². The number of hydrogen-bond acceptors (Lipinski definition) is 16. The van der Waals surface area contributed by atoms with Crippen molar-refractivity contribution in [1.82, 2.24) is 0 Å². The lowest BCUT2D eigenvalue weighted by molar-refractivity contribution is -0.160. The molecule has 0 heterocycles. The van der Waals surface area contributed by atoms with E-state index in [0.29, 0.717) is 38.5 Å². The van der Waals surface area contributed by atoms with Gasteiger partial charge in [0.2, 0.25) is 0 Å². The minimum absolute atomic E-state index is 0. The molecular formula is C52H124O20Si9. The Morgan fingerprint density at radius 2 is 0.420 bits per heavy atom. The molecule has 0 aliphatic heterocycles.